The van der Waals surface area contributed by atoms with E-state index >= 15 is 0 Å². The number of rotatable bonds is 7. The van der Waals surface area contributed by atoms with Crippen molar-refractivity contribution in [3.63, 3.8) is 0 Å². The van der Waals surface area contributed by atoms with E-state index in [9.17, 15) is 0 Å². The molecule has 0 saturated carbocycles. The molecule has 0 N–H and O–H groups in total. The Hall–Kier alpha value is -0.690. The van der Waals surface area contributed by atoms with Gasteiger partial charge < -0.3 is 0 Å². The van der Waals surface area contributed by atoms with E-state index in [1.807, 2.05) is 11.8 Å². The zero-order valence-electron chi connectivity index (χ0n) is 9.49. The van der Waals surface area contributed by atoms with Gasteiger partial charge in [-0.25, -0.2) is 0 Å². The van der Waals surface area contributed by atoms with Crippen LogP contribution >= 0.6 is 11.8 Å². The summed E-state index contributed by atoms with van der Waals surface area (Å²) in [5.74, 6) is 2.44. The van der Waals surface area contributed by atoms with Crippen LogP contribution in [0.3, 0.4) is 0 Å². The van der Waals surface area contributed by atoms with Gasteiger partial charge >= 0.3 is 0 Å². The van der Waals surface area contributed by atoms with Gasteiger partial charge in [0.25, 0.3) is 0 Å². The van der Waals surface area contributed by atoms with E-state index in [2.05, 4.69) is 49.4 Å². The second-order valence-corrected chi connectivity index (χ2v) is 4.74. The van der Waals surface area contributed by atoms with Crippen LogP contribution in [0.5, 0.6) is 0 Å². The maximum absolute atomic E-state index is 2.26. The first-order valence-electron chi connectivity index (χ1n) is 5.73. The number of unbranched alkanes of at least 4 members (excludes halogenated alkanes) is 2. The van der Waals surface area contributed by atoms with Crippen molar-refractivity contribution in [1.82, 2.24) is 0 Å². The van der Waals surface area contributed by atoms with Crippen molar-refractivity contribution in [3.05, 3.63) is 42.0 Å². The summed E-state index contributed by atoms with van der Waals surface area (Å²) in [6, 6.07) is 10.5. The summed E-state index contributed by atoms with van der Waals surface area (Å²) in [5.41, 5.74) is 1.30. The van der Waals surface area contributed by atoms with Crippen molar-refractivity contribution in [3.8, 4) is 0 Å². The summed E-state index contributed by atoms with van der Waals surface area (Å²) < 4.78 is 0. The molecular formula is C14H20S. The van der Waals surface area contributed by atoms with Gasteiger partial charge in [0.1, 0.15) is 0 Å². The average molecular weight is 220 g/mol. The van der Waals surface area contributed by atoms with Crippen LogP contribution in [0, 0.1) is 0 Å². The maximum atomic E-state index is 2.26. The van der Waals surface area contributed by atoms with Gasteiger partial charge in [0.05, 0.1) is 0 Å². The highest BCUT2D eigenvalue weighted by atomic mass is 32.2. The molecule has 0 heterocycles. The zero-order valence-corrected chi connectivity index (χ0v) is 10.3. The van der Waals surface area contributed by atoms with Gasteiger partial charge in [-0.15, -0.1) is 0 Å². The molecule has 0 spiro atoms. The van der Waals surface area contributed by atoms with Crippen molar-refractivity contribution in [2.45, 2.75) is 26.2 Å². The molecule has 0 saturated heterocycles. The molecule has 15 heavy (non-hydrogen) atoms. The van der Waals surface area contributed by atoms with Crippen molar-refractivity contribution in [2.24, 2.45) is 0 Å². The minimum absolute atomic E-state index is 1.14. The molecule has 1 rings (SSSR count). The Kier molecular flexibility index (Phi) is 7.10. The van der Waals surface area contributed by atoms with E-state index in [1.54, 1.807) is 0 Å². The van der Waals surface area contributed by atoms with Crippen LogP contribution in [0.4, 0.5) is 0 Å². The molecule has 0 aliphatic heterocycles. The third-order valence-corrected chi connectivity index (χ3v) is 3.22. The first-order valence-corrected chi connectivity index (χ1v) is 6.88. The van der Waals surface area contributed by atoms with Gasteiger partial charge in [-0.2, -0.15) is 11.8 Å². The Labute approximate surface area is 97.8 Å². The van der Waals surface area contributed by atoms with Crippen LogP contribution in [0.15, 0.2) is 36.4 Å². The lowest BCUT2D eigenvalue weighted by molar-refractivity contribution is 0.779. The Morgan fingerprint density at radius 1 is 1.13 bits per heavy atom. The maximum Gasteiger partial charge on any atom is 0.0116 e. The molecule has 1 aromatic rings. The predicted molar refractivity (Wildman–Crippen MR) is 72.3 cm³/mol. The first-order chi connectivity index (χ1) is 7.43. The Balaban J connectivity index is 2.07. The van der Waals surface area contributed by atoms with Gasteiger partial charge in [-0.3, -0.25) is 0 Å². The van der Waals surface area contributed by atoms with Gasteiger partial charge in [0.2, 0.25) is 0 Å². The lowest BCUT2D eigenvalue weighted by Crippen LogP contribution is -1.80. The normalized spacial score (nSPS) is 11.0. The molecule has 0 nitrogen and oxygen atoms in total. The summed E-state index contributed by atoms with van der Waals surface area (Å²) in [7, 11) is 0. The van der Waals surface area contributed by atoms with Crippen LogP contribution < -0.4 is 0 Å². The smallest absolute Gasteiger partial charge is 0.0116 e. The summed E-state index contributed by atoms with van der Waals surface area (Å²) in [6.07, 6.45) is 8.51. The fraction of sp³-hybridized carbons (Fsp3) is 0.429. The summed E-state index contributed by atoms with van der Waals surface area (Å²) >= 11 is 2.03. The van der Waals surface area contributed by atoms with Crippen LogP contribution in [0.25, 0.3) is 6.08 Å². The molecular weight excluding hydrogens is 200 g/mol. The molecule has 0 bridgehead atoms. The molecule has 1 aromatic carbocycles. The molecule has 0 aliphatic carbocycles. The first kappa shape index (κ1) is 12.4. The molecule has 0 fully saturated rings. The van der Waals surface area contributed by atoms with Gasteiger partial charge in [-0.1, -0.05) is 62.2 Å². The van der Waals surface area contributed by atoms with E-state index in [0.717, 1.165) is 5.75 Å². The molecule has 0 radical (unpaired) electrons. The summed E-state index contributed by atoms with van der Waals surface area (Å²) in [6.45, 7) is 2.25. The van der Waals surface area contributed by atoms with E-state index in [4.69, 9.17) is 0 Å². The monoisotopic (exact) mass is 220 g/mol. The van der Waals surface area contributed by atoms with Crippen molar-refractivity contribution < 1.29 is 0 Å². The minimum atomic E-state index is 1.14. The van der Waals surface area contributed by atoms with Gasteiger partial charge in [0.15, 0.2) is 0 Å². The topological polar surface area (TPSA) is 0 Å². The summed E-state index contributed by atoms with van der Waals surface area (Å²) in [5, 5.41) is 0. The van der Waals surface area contributed by atoms with Crippen molar-refractivity contribution in [1.29, 1.82) is 0 Å². The fourth-order valence-corrected chi connectivity index (χ4v) is 2.16. The Bertz CT molecular complexity index is 264. The standard InChI is InChI=1S/C14H20S/c1-2-3-7-12-15-13-8-11-14-9-5-4-6-10-14/h4-6,8-11H,2-3,7,12-13H2,1H3/b11-8+. The van der Waals surface area contributed by atoms with E-state index < -0.39 is 0 Å². The van der Waals surface area contributed by atoms with Crippen LogP contribution in [-0.4, -0.2) is 11.5 Å². The van der Waals surface area contributed by atoms with Crippen LogP contribution in [0.1, 0.15) is 31.7 Å². The molecule has 0 aromatic heterocycles. The van der Waals surface area contributed by atoms with Gasteiger partial charge in [0, 0.05) is 5.75 Å². The van der Waals surface area contributed by atoms with E-state index in [1.165, 1.54) is 30.6 Å². The Morgan fingerprint density at radius 3 is 2.67 bits per heavy atom. The van der Waals surface area contributed by atoms with E-state index in [-0.39, 0.29) is 0 Å². The minimum Gasteiger partial charge on any atom is -0.158 e. The highest BCUT2D eigenvalue weighted by Crippen LogP contribution is 2.08. The fourth-order valence-electron chi connectivity index (χ4n) is 1.35. The Morgan fingerprint density at radius 2 is 1.93 bits per heavy atom. The second-order valence-electron chi connectivity index (χ2n) is 3.60. The largest absolute Gasteiger partial charge is 0.158 e. The number of hydrogen-bond acceptors (Lipinski definition) is 1. The molecule has 82 valence electrons. The number of hydrogen-bond donors (Lipinski definition) is 0. The third-order valence-electron chi connectivity index (χ3n) is 2.22. The van der Waals surface area contributed by atoms with Gasteiger partial charge in [-0.05, 0) is 17.7 Å². The van der Waals surface area contributed by atoms with E-state index in [0.29, 0.717) is 0 Å². The SMILES string of the molecule is CCCCCSC/C=C/c1ccccc1. The second kappa shape index (κ2) is 8.60. The van der Waals surface area contributed by atoms with Crippen LogP contribution in [0.2, 0.25) is 0 Å². The molecule has 0 amide bonds. The quantitative estimate of drug-likeness (QED) is 0.604. The number of thioether (sulfide) groups is 1. The van der Waals surface area contributed by atoms with Crippen molar-refractivity contribution in [2.75, 3.05) is 11.5 Å². The highest BCUT2D eigenvalue weighted by Gasteiger charge is 1.87. The predicted octanol–water partition coefficient (Wildman–Crippen LogP) is 4.62. The van der Waals surface area contributed by atoms with Crippen molar-refractivity contribution >= 4 is 17.8 Å². The zero-order chi connectivity index (χ0) is 10.8. The molecule has 0 aliphatic rings. The molecule has 0 atom stereocenters. The van der Waals surface area contributed by atoms with Crippen LogP contribution in [-0.2, 0) is 0 Å². The lowest BCUT2D eigenvalue weighted by atomic mass is 10.2. The summed E-state index contributed by atoms with van der Waals surface area (Å²) in [4.78, 5) is 0. The third kappa shape index (κ3) is 6.40. The lowest BCUT2D eigenvalue weighted by Gasteiger charge is -1.96. The number of benzene rings is 1. The average Bonchev–Trinajstić information content (AvgIpc) is 2.29. The molecule has 0 unspecified atom stereocenters. The highest BCUT2D eigenvalue weighted by molar-refractivity contribution is 7.99. The molecule has 1 heteroatoms.